The third-order valence-corrected chi connectivity index (χ3v) is 3.71. The van der Waals surface area contributed by atoms with Crippen LogP contribution in [0.1, 0.15) is 35.3 Å². The first-order valence-electron chi connectivity index (χ1n) is 6.65. The van der Waals surface area contributed by atoms with E-state index in [0.717, 1.165) is 11.3 Å². The molecule has 1 heterocycles. The normalized spacial score (nSPS) is 15.5. The molecule has 1 aliphatic rings. The van der Waals surface area contributed by atoms with E-state index in [1.807, 2.05) is 18.2 Å². The highest BCUT2D eigenvalue weighted by molar-refractivity contribution is 6.09. The van der Waals surface area contributed by atoms with E-state index < -0.39 is 0 Å². The molecule has 3 nitrogen and oxygen atoms in total. The van der Waals surface area contributed by atoms with Gasteiger partial charge in [-0.05, 0) is 30.3 Å². The number of hydrogen-bond acceptors (Lipinski definition) is 3. The number of nitrogen functional groups attached to an aromatic ring is 1. The van der Waals surface area contributed by atoms with Gasteiger partial charge in [0.05, 0.1) is 6.61 Å². The van der Waals surface area contributed by atoms with E-state index >= 15 is 0 Å². The maximum Gasteiger partial charge on any atom is 0.193 e. The lowest BCUT2D eigenvalue weighted by Gasteiger charge is -2.15. The highest BCUT2D eigenvalue weighted by atomic mass is 16.5. The van der Waals surface area contributed by atoms with Gasteiger partial charge in [-0.25, -0.2) is 0 Å². The molecule has 0 saturated carbocycles. The van der Waals surface area contributed by atoms with Crippen molar-refractivity contribution in [3.8, 4) is 5.75 Å². The predicted molar refractivity (Wildman–Crippen MR) is 79.2 cm³/mol. The van der Waals surface area contributed by atoms with Crippen molar-refractivity contribution < 1.29 is 9.53 Å². The fourth-order valence-corrected chi connectivity index (χ4v) is 2.51. The number of benzene rings is 2. The molecule has 2 aromatic rings. The second-order valence-corrected chi connectivity index (χ2v) is 5.84. The molecule has 20 heavy (non-hydrogen) atoms. The van der Waals surface area contributed by atoms with Crippen molar-refractivity contribution in [1.82, 2.24) is 0 Å². The van der Waals surface area contributed by atoms with Crippen LogP contribution in [0.5, 0.6) is 5.75 Å². The van der Waals surface area contributed by atoms with Crippen molar-refractivity contribution in [2.24, 2.45) is 0 Å². The number of hydrogen-bond donors (Lipinski definition) is 1. The van der Waals surface area contributed by atoms with Gasteiger partial charge in [0.2, 0.25) is 0 Å². The summed E-state index contributed by atoms with van der Waals surface area (Å²) in [6.07, 6.45) is 0. The second-order valence-electron chi connectivity index (χ2n) is 5.84. The zero-order chi connectivity index (χ0) is 14.3. The summed E-state index contributed by atoms with van der Waals surface area (Å²) in [5.74, 6) is 0.863. The van der Waals surface area contributed by atoms with E-state index in [-0.39, 0.29) is 11.2 Å². The smallest absolute Gasteiger partial charge is 0.193 e. The molecule has 2 N–H and O–H groups in total. The molecule has 0 amide bonds. The van der Waals surface area contributed by atoms with E-state index in [1.165, 1.54) is 0 Å². The molecule has 0 fully saturated rings. The van der Waals surface area contributed by atoms with Gasteiger partial charge in [0.1, 0.15) is 5.75 Å². The molecule has 0 unspecified atom stereocenters. The molecular weight excluding hydrogens is 250 g/mol. The Morgan fingerprint density at radius 2 is 1.90 bits per heavy atom. The zero-order valence-electron chi connectivity index (χ0n) is 11.6. The van der Waals surface area contributed by atoms with Crippen LogP contribution in [0.4, 0.5) is 5.69 Å². The van der Waals surface area contributed by atoms with Crippen LogP contribution in [0.25, 0.3) is 0 Å². The molecule has 0 bridgehead atoms. The fourth-order valence-electron chi connectivity index (χ4n) is 2.51. The fraction of sp³-hybridized carbons (Fsp3) is 0.235. The van der Waals surface area contributed by atoms with E-state index in [4.69, 9.17) is 10.5 Å². The van der Waals surface area contributed by atoms with Crippen molar-refractivity contribution in [2.45, 2.75) is 19.3 Å². The molecule has 2 aromatic carbocycles. The van der Waals surface area contributed by atoms with Crippen molar-refractivity contribution in [2.75, 3.05) is 12.3 Å². The minimum Gasteiger partial charge on any atom is -0.492 e. The lowest BCUT2D eigenvalue weighted by atomic mass is 9.85. The monoisotopic (exact) mass is 267 g/mol. The molecule has 3 heteroatoms. The first kappa shape index (κ1) is 12.7. The number of carbonyl (C=O) groups excluding carboxylic acids is 1. The van der Waals surface area contributed by atoms with Crippen molar-refractivity contribution in [3.63, 3.8) is 0 Å². The zero-order valence-corrected chi connectivity index (χ0v) is 11.6. The summed E-state index contributed by atoms with van der Waals surface area (Å²) in [5.41, 5.74) is 8.66. The predicted octanol–water partition coefficient (Wildman–Crippen LogP) is 3.17. The molecule has 0 aliphatic carbocycles. The standard InChI is InChI=1S/C17H17NO2/c1-17(2)10-20-15-7-6-12(9-14(15)17)16(19)11-4-3-5-13(18)8-11/h3-9H,10,18H2,1-2H3. The maximum atomic E-state index is 12.5. The average Bonchev–Trinajstić information content (AvgIpc) is 2.73. The van der Waals surface area contributed by atoms with Gasteiger partial charge >= 0.3 is 0 Å². The van der Waals surface area contributed by atoms with E-state index in [9.17, 15) is 4.79 Å². The van der Waals surface area contributed by atoms with E-state index in [0.29, 0.717) is 23.4 Å². The van der Waals surface area contributed by atoms with Gasteiger partial charge in [-0.3, -0.25) is 4.79 Å². The van der Waals surface area contributed by atoms with Crippen LogP contribution >= 0.6 is 0 Å². The van der Waals surface area contributed by atoms with Gasteiger partial charge in [-0.1, -0.05) is 26.0 Å². The van der Waals surface area contributed by atoms with Crippen molar-refractivity contribution in [1.29, 1.82) is 0 Å². The van der Waals surface area contributed by atoms with Crippen LogP contribution in [-0.2, 0) is 5.41 Å². The molecule has 3 rings (SSSR count). The molecule has 0 spiro atoms. The Labute approximate surface area is 118 Å². The third-order valence-electron chi connectivity index (χ3n) is 3.71. The van der Waals surface area contributed by atoms with Crippen LogP contribution in [0.3, 0.4) is 0 Å². The summed E-state index contributed by atoms with van der Waals surface area (Å²) >= 11 is 0. The summed E-state index contributed by atoms with van der Waals surface area (Å²) in [5, 5.41) is 0. The maximum absolute atomic E-state index is 12.5. The Morgan fingerprint density at radius 1 is 1.15 bits per heavy atom. The number of carbonyl (C=O) groups is 1. The second kappa shape index (κ2) is 4.37. The number of anilines is 1. The topological polar surface area (TPSA) is 52.3 Å². The average molecular weight is 267 g/mol. The van der Waals surface area contributed by atoms with Crippen LogP contribution in [0, 0.1) is 0 Å². The first-order chi connectivity index (χ1) is 9.47. The number of ketones is 1. The van der Waals surface area contributed by atoms with Gasteiger partial charge in [-0.2, -0.15) is 0 Å². The Hall–Kier alpha value is -2.29. The van der Waals surface area contributed by atoms with Gasteiger partial charge in [0, 0.05) is 27.8 Å². The van der Waals surface area contributed by atoms with Gasteiger partial charge in [-0.15, -0.1) is 0 Å². The SMILES string of the molecule is CC1(C)COc2ccc(C(=O)c3cccc(N)c3)cc21. The molecule has 0 saturated heterocycles. The third kappa shape index (κ3) is 2.05. The van der Waals surface area contributed by atoms with Gasteiger partial charge in [0.25, 0.3) is 0 Å². The largest absolute Gasteiger partial charge is 0.492 e. The quantitative estimate of drug-likeness (QED) is 0.671. The number of ether oxygens (including phenoxy) is 1. The number of rotatable bonds is 2. The van der Waals surface area contributed by atoms with Gasteiger partial charge < -0.3 is 10.5 Å². The molecule has 102 valence electrons. The summed E-state index contributed by atoms with van der Waals surface area (Å²) in [4.78, 5) is 12.5. The Balaban J connectivity index is 2.02. The Bertz CT molecular complexity index is 689. The molecule has 0 atom stereocenters. The molecule has 0 radical (unpaired) electrons. The summed E-state index contributed by atoms with van der Waals surface area (Å²) in [6.45, 7) is 4.89. The van der Waals surface area contributed by atoms with Crippen molar-refractivity contribution in [3.05, 3.63) is 59.2 Å². The van der Waals surface area contributed by atoms with E-state index in [2.05, 4.69) is 13.8 Å². The highest BCUT2D eigenvalue weighted by Gasteiger charge is 2.32. The summed E-state index contributed by atoms with van der Waals surface area (Å²) in [7, 11) is 0. The first-order valence-corrected chi connectivity index (χ1v) is 6.65. The van der Waals surface area contributed by atoms with Crippen molar-refractivity contribution >= 4 is 11.5 Å². The van der Waals surface area contributed by atoms with Crippen LogP contribution < -0.4 is 10.5 Å². The van der Waals surface area contributed by atoms with Crippen LogP contribution in [0.15, 0.2) is 42.5 Å². The van der Waals surface area contributed by atoms with Crippen LogP contribution in [-0.4, -0.2) is 12.4 Å². The highest BCUT2D eigenvalue weighted by Crippen LogP contribution is 2.38. The van der Waals surface area contributed by atoms with E-state index in [1.54, 1.807) is 24.3 Å². The minimum atomic E-state index is -0.0542. The summed E-state index contributed by atoms with van der Waals surface area (Å²) in [6, 6.07) is 12.7. The molecule has 0 aromatic heterocycles. The lowest BCUT2D eigenvalue weighted by Crippen LogP contribution is -2.18. The Morgan fingerprint density at radius 3 is 2.65 bits per heavy atom. The summed E-state index contributed by atoms with van der Waals surface area (Å²) < 4.78 is 5.64. The molecular formula is C17H17NO2. The Kier molecular flexibility index (Phi) is 2.78. The minimum absolute atomic E-state index is 0.0113. The molecule has 1 aliphatic heterocycles. The number of nitrogens with two attached hydrogens (primary N) is 1. The van der Waals surface area contributed by atoms with Gasteiger partial charge in [0.15, 0.2) is 5.78 Å². The lowest BCUT2D eigenvalue weighted by molar-refractivity contribution is 0.103. The number of fused-ring (bicyclic) bond motifs is 1. The van der Waals surface area contributed by atoms with Crippen LogP contribution in [0.2, 0.25) is 0 Å².